The summed E-state index contributed by atoms with van der Waals surface area (Å²) >= 11 is 0. The average molecular weight is 172 g/mol. The molecule has 2 fully saturated rings. The summed E-state index contributed by atoms with van der Waals surface area (Å²) in [6.45, 7) is 0. The molecule has 0 aromatic heterocycles. The molecule has 2 aliphatic carbocycles. The molecule has 0 aliphatic heterocycles. The van der Waals surface area contributed by atoms with E-state index in [-0.39, 0.29) is 5.34 Å². The molecular formula is C9H17OP. The van der Waals surface area contributed by atoms with Crippen LogP contribution in [0.1, 0.15) is 38.5 Å². The first-order valence-electron chi connectivity index (χ1n) is 4.74. The van der Waals surface area contributed by atoms with Crippen molar-refractivity contribution in [3.8, 4) is 0 Å². The van der Waals surface area contributed by atoms with Crippen molar-refractivity contribution < 1.29 is 5.11 Å². The van der Waals surface area contributed by atoms with Gasteiger partial charge in [0.1, 0.15) is 0 Å². The van der Waals surface area contributed by atoms with Crippen molar-refractivity contribution in [1.29, 1.82) is 0 Å². The van der Waals surface area contributed by atoms with Crippen molar-refractivity contribution in [2.45, 2.75) is 43.9 Å². The third-order valence-electron chi connectivity index (χ3n) is 3.34. The van der Waals surface area contributed by atoms with Gasteiger partial charge in [0.25, 0.3) is 0 Å². The summed E-state index contributed by atoms with van der Waals surface area (Å²) in [6.07, 6.45) is 7.93. The van der Waals surface area contributed by atoms with Crippen LogP contribution in [0.15, 0.2) is 0 Å². The Kier molecular flexibility index (Phi) is 1.97. The number of hydrogen-bond acceptors (Lipinski definition) is 1. The largest absolute Gasteiger partial charge is 0.385 e. The van der Waals surface area contributed by atoms with Gasteiger partial charge in [0.15, 0.2) is 0 Å². The second-order valence-corrected chi connectivity index (χ2v) is 5.02. The van der Waals surface area contributed by atoms with Gasteiger partial charge in [-0.3, -0.25) is 0 Å². The van der Waals surface area contributed by atoms with E-state index in [0.29, 0.717) is 11.8 Å². The molecule has 0 radical (unpaired) electrons. The zero-order chi connectivity index (χ0) is 7.90. The Hall–Kier alpha value is 0.390. The zero-order valence-corrected chi connectivity index (χ0v) is 8.08. The molecule has 2 heteroatoms. The van der Waals surface area contributed by atoms with Crippen molar-refractivity contribution in [1.82, 2.24) is 0 Å². The molecule has 0 aromatic carbocycles. The summed E-state index contributed by atoms with van der Waals surface area (Å²) < 4.78 is 0. The number of aliphatic hydroxyl groups is 1. The van der Waals surface area contributed by atoms with E-state index in [9.17, 15) is 5.11 Å². The van der Waals surface area contributed by atoms with Crippen molar-refractivity contribution in [2.75, 3.05) is 0 Å². The van der Waals surface area contributed by atoms with Crippen LogP contribution in [0, 0.1) is 11.8 Å². The molecule has 1 N–H and O–H groups in total. The van der Waals surface area contributed by atoms with Crippen molar-refractivity contribution in [2.24, 2.45) is 11.8 Å². The Bertz CT molecular complexity index is 140. The summed E-state index contributed by atoms with van der Waals surface area (Å²) in [4.78, 5) is 0. The highest BCUT2D eigenvalue weighted by molar-refractivity contribution is 7.19. The van der Waals surface area contributed by atoms with E-state index in [1.165, 1.54) is 38.5 Å². The lowest BCUT2D eigenvalue weighted by atomic mass is 10.0. The van der Waals surface area contributed by atoms with Crippen molar-refractivity contribution in [3.63, 3.8) is 0 Å². The highest BCUT2D eigenvalue weighted by atomic mass is 31.0. The molecule has 1 nitrogen and oxygen atoms in total. The maximum absolute atomic E-state index is 9.80. The Morgan fingerprint density at radius 3 is 1.91 bits per heavy atom. The Labute approximate surface area is 70.8 Å². The van der Waals surface area contributed by atoms with E-state index in [4.69, 9.17) is 0 Å². The summed E-state index contributed by atoms with van der Waals surface area (Å²) in [5.41, 5.74) is 0. The van der Waals surface area contributed by atoms with Gasteiger partial charge in [0.2, 0.25) is 0 Å². The van der Waals surface area contributed by atoms with Crippen LogP contribution >= 0.6 is 9.24 Å². The molecule has 0 saturated heterocycles. The van der Waals surface area contributed by atoms with Crippen LogP contribution in [-0.4, -0.2) is 10.4 Å². The Morgan fingerprint density at radius 1 is 1.00 bits per heavy atom. The van der Waals surface area contributed by atoms with E-state index < -0.39 is 0 Å². The molecule has 64 valence electrons. The van der Waals surface area contributed by atoms with Crippen LogP contribution in [0.2, 0.25) is 0 Å². The third kappa shape index (κ3) is 1.34. The van der Waals surface area contributed by atoms with Gasteiger partial charge < -0.3 is 5.11 Å². The van der Waals surface area contributed by atoms with Crippen LogP contribution in [0.25, 0.3) is 0 Å². The van der Waals surface area contributed by atoms with Crippen molar-refractivity contribution >= 4 is 9.24 Å². The Balaban J connectivity index is 1.95. The number of fused-ring (bicyclic) bond motifs is 1. The average Bonchev–Trinajstić information content (AvgIpc) is 2.29. The quantitative estimate of drug-likeness (QED) is 0.555. The maximum atomic E-state index is 9.80. The smallest absolute Gasteiger partial charge is 0.0841 e. The van der Waals surface area contributed by atoms with Gasteiger partial charge in [-0.25, -0.2) is 0 Å². The molecule has 0 bridgehead atoms. The minimum Gasteiger partial charge on any atom is -0.385 e. The summed E-state index contributed by atoms with van der Waals surface area (Å²) in [7, 11) is 2.64. The highest BCUT2D eigenvalue weighted by Crippen LogP contribution is 2.60. The molecule has 0 aromatic rings. The van der Waals surface area contributed by atoms with E-state index in [2.05, 4.69) is 9.24 Å². The summed E-state index contributed by atoms with van der Waals surface area (Å²) in [5, 5.41) is 9.45. The molecule has 2 aliphatic rings. The second-order valence-electron chi connectivity index (χ2n) is 4.09. The predicted molar refractivity (Wildman–Crippen MR) is 49.3 cm³/mol. The molecule has 2 saturated carbocycles. The van der Waals surface area contributed by atoms with Gasteiger partial charge in [-0.1, -0.05) is 25.7 Å². The van der Waals surface area contributed by atoms with Gasteiger partial charge in [-0.15, -0.1) is 9.24 Å². The SMILES string of the molecule is OC1(P)C2CCCCCCC21. The van der Waals surface area contributed by atoms with Gasteiger partial charge in [-0.2, -0.15) is 0 Å². The van der Waals surface area contributed by atoms with Crippen LogP contribution in [-0.2, 0) is 0 Å². The monoisotopic (exact) mass is 172 g/mol. The Morgan fingerprint density at radius 2 is 1.45 bits per heavy atom. The van der Waals surface area contributed by atoms with E-state index in [1.807, 2.05) is 0 Å². The van der Waals surface area contributed by atoms with Crippen molar-refractivity contribution in [3.05, 3.63) is 0 Å². The van der Waals surface area contributed by atoms with Gasteiger partial charge in [0.05, 0.1) is 5.34 Å². The second kappa shape index (κ2) is 2.71. The molecule has 0 spiro atoms. The number of rotatable bonds is 0. The fourth-order valence-corrected chi connectivity index (χ4v) is 3.19. The number of hydrogen-bond donors (Lipinski definition) is 1. The zero-order valence-electron chi connectivity index (χ0n) is 6.92. The molecule has 0 amide bonds. The molecule has 3 atom stereocenters. The molecular weight excluding hydrogens is 155 g/mol. The van der Waals surface area contributed by atoms with E-state index in [0.717, 1.165) is 0 Å². The molecule has 2 rings (SSSR count). The summed E-state index contributed by atoms with van der Waals surface area (Å²) in [5.74, 6) is 1.24. The van der Waals surface area contributed by atoms with Gasteiger partial charge >= 0.3 is 0 Å². The van der Waals surface area contributed by atoms with Crippen LogP contribution in [0.4, 0.5) is 0 Å². The molecule has 3 unspecified atom stereocenters. The van der Waals surface area contributed by atoms with E-state index >= 15 is 0 Å². The van der Waals surface area contributed by atoms with Crippen LogP contribution in [0.5, 0.6) is 0 Å². The molecule has 0 heterocycles. The minimum absolute atomic E-state index is 0.357. The lowest BCUT2D eigenvalue weighted by molar-refractivity contribution is 0.209. The standard InChI is InChI=1S/C9H17OP/c10-9(11)7-5-3-1-2-4-6-8(7)9/h7-8,10H,1-6,11H2. The lowest BCUT2D eigenvalue weighted by Gasteiger charge is -2.04. The first-order chi connectivity index (χ1) is 5.23. The lowest BCUT2D eigenvalue weighted by Crippen LogP contribution is -1.99. The first-order valence-corrected chi connectivity index (χ1v) is 5.32. The minimum atomic E-state index is -0.357. The third-order valence-corrected chi connectivity index (χ3v) is 4.20. The van der Waals surface area contributed by atoms with E-state index in [1.54, 1.807) is 0 Å². The topological polar surface area (TPSA) is 20.2 Å². The maximum Gasteiger partial charge on any atom is 0.0841 e. The normalized spacial score (nSPS) is 50.7. The predicted octanol–water partition coefficient (Wildman–Crippen LogP) is 2.15. The molecule has 11 heavy (non-hydrogen) atoms. The van der Waals surface area contributed by atoms with Gasteiger partial charge in [-0.05, 0) is 24.7 Å². The van der Waals surface area contributed by atoms with Crippen LogP contribution < -0.4 is 0 Å². The fraction of sp³-hybridized carbons (Fsp3) is 1.00. The highest BCUT2D eigenvalue weighted by Gasteiger charge is 2.59. The first kappa shape index (κ1) is 8.01. The van der Waals surface area contributed by atoms with Crippen LogP contribution in [0.3, 0.4) is 0 Å². The fourth-order valence-electron chi connectivity index (χ4n) is 2.49. The summed E-state index contributed by atoms with van der Waals surface area (Å²) in [6, 6.07) is 0. The van der Waals surface area contributed by atoms with Gasteiger partial charge in [0, 0.05) is 0 Å².